The minimum absolute atomic E-state index is 0.0276. The third-order valence-electron chi connectivity index (χ3n) is 2.83. The molecule has 5 nitrogen and oxygen atoms in total. The van der Waals surface area contributed by atoms with E-state index in [1.807, 2.05) is 0 Å². The molecule has 1 heterocycles. The van der Waals surface area contributed by atoms with Crippen molar-refractivity contribution < 1.29 is 22.8 Å². The third-order valence-corrected chi connectivity index (χ3v) is 2.83. The summed E-state index contributed by atoms with van der Waals surface area (Å²) in [6.07, 6.45) is -3.30. The van der Waals surface area contributed by atoms with E-state index >= 15 is 0 Å². The number of hydrogen-bond acceptors (Lipinski definition) is 3. The van der Waals surface area contributed by atoms with Crippen LogP contribution in [-0.2, 0) is 9.59 Å². The monoisotopic (exact) mass is 281 g/mol. The van der Waals surface area contributed by atoms with Crippen molar-refractivity contribution >= 4 is 11.8 Å². The number of alkyl halides is 3. The van der Waals surface area contributed by atoms with Gasteiger partial charge in [0.05, 0.1) is 0 Å². The highest BCUT2D eigenvalue weighted by Gasteiger charge is 2.39. The zero-order chi connectivity index (χ0) is 14.5. The van der Waals surface area contributed by atoms with Gasteiger partial charge in [-0.25, -0.2) is 0 Å². The van der Waals surface area contributed by atoms with Crippen LogP contribution in [0.4, 0.5) is 13.2 Å². The fraction of sp³-hybridized carbons (Fsp3) is 0.818. The maximum atomic E-state index is 12.2. The van der Waals surface area contributed by atoms with Gasteiger partial charge in [0.2, 0.25) is 11.8 Å². The minimum atomic E-state index is -4.40. The zero-order valence-electron chi connectivity index (χ0n) is 10.7. The molecule has 1 aliphatic rings. The van der Waals surface area contributed by atoms with Gasteiger partial charge in [-0.05, 0) is 26.4 Å². The Morgan fingerprint density at radius 2 is 2.16 bits per heavy atom. The highest BCUT2D eigenvalue weighted by molar-refractivity contribution is 5.89. The Morgan fingerprint density at radius 3 is 2.74 bits per heavy atom. The van der Waals surface area contributed by atoms with E-state index in [9.17, 15) is 22.8 Å². The molecule has 0 aliphatic carbocycles. The normalized spacial score (nSPS) is 19.9. The second kappa shape index (κ2) is 6.74. The molecule has 2 amide bonds. The van der Waals surface area contributed by atoms with Crippen LogP contribution in [0.2, 0.25) is 0 Å². The first-order valence-electron chi connectivity index (χ1n) is 6.13. The molecule has 1 saturated heterocycles. The van der Waals surface area contributed by atoms with Gasteiger partial charge in [0.15, 0.2) is 0 Å². The van der Waals surface area contributed by atoms with Gasteiger partial charge in [-0.15, -0.1) is 0 Å². The maximum Gasteiger partial charge on any atom is 0.406 e. The van der Waals surface area contributed by atoms with Crippen LogP contribution in [0.1, 0.15) is 19.3 Å². The van der Waals surface area contributed by atoms with Crippen molar-refractivity contribution in [1.29, 1.82) is 0 Å². The van der Waals surface area contributed by atoms with E-state index in [1.54, 1.807) is 7.05 Å². The van der Waals surface area contributed by atoms with Crippen molar-refractivity contribution in [3.63, 3.8) is 0 Å². The average molecular weight is 281 g/mol. The molecule has 0 aromatic heterocycles. The molecule has 0 aromatic carbocycles. The molecule has 0 radical (unpaired) electrons. The van der Waals surface area contributed by atoms with Gasteiger partial charge in [-0.2, -0.15) is 13.2 Å². The number of carbonyl (C=O) groups is 2. The fourth-order valence-corrected chi connectivity index (χ4v) is 1.94. The standard InChI is InChI=1S/C11H18F3N3O2/c1-15-5-2-3-9(18)16-8-4-6-17(10(8)19)7-11(12,13)14/h8,15H,2-7H2,1H3,(H,16,18). The molecule has 1 unspecified atom stereocenters. The second-order valence-corrected chi connectivity index (χ2v) is 4.49. The Hall–Kier alpha value is -1.31. The number of nitrogens with zero attached hydrogens (tertiary/aromatic N) is 1. The van der Waals surface area contributed by atoms with Gasteiger partial charge >= 0.3 is 6.18 Å². The lowest BCUT2D eigenvalue weighted by Crippen LogP contribution is -2.43. The number of halogens is 3. The molecule has 1 atom stereocenters. The van der Waals surface area contributed by atoms with Crippen LogP contribution >= 0.6 is 0 Å². The van der Waals surface area contributed by atoms with E-state index in [0.717, 1.165) is 4.90 Å². The van der Waals surface area contributed by atoms with Gasteiger partial charge < -0.3 is 15.5 Å². The predicted octanol–water partition coefficient (Wildman–Crippen LogP) is 0.265. The summed E-state index contributed by atoms with van der Waals surface area (Å²) in [5.41, 5.74) is 0. The van der Waals surface area contributed by atoms with Crippen LogP contribution in [0.5, 0.6) is 0 Å². The number of nitrogens with one attached hydrogen (secondary N) is 2. The number of likely N-dealkylation sites (tertiary alicyclic amines) is 1. The molecule has 1 aliphatic heterocycles. The van der Waals surface area contributed by atoms with Crippen LogP contribution in [0.15, 0.2) is 0 Å². The first kappa shape index (κ1) is 15.7. The highest BCUT2D eigenvalue weighted by atomic mass is 19.4. The Kier molecular flexibility index (Phi) is 5.59. The average Bonchev–Trinajstić information content (AvgIpc) is 2.60. The van der Waals surface area contributed by atoms with Crippen LogP contribution in [0.3, 0.4) is 0 Å². The number of rotatable bonds is 6. The molecule has 0 bridgehead atoms. The lowest BCUT2D eigenvalue weighted by atomic mass is 10.2. The predicted molar refractivity (Wildman–Crippen MR) is 62.3 cm³/mol. The van der Waals surface area contributed by atoms with E-state index in [2.05, 4.69) is 10.6 Å². The summed E-state index contributed by atoms with van der Waals surface area (Å²) in [5, 5.41) is 5.36. The molecular formula is C11H18F3N3O2. The molecule has 1 fully saturated rings. The van der Waals surface area contributed by atoms with Crippen LogP contribution < -0.4 is 10.6 Å². The number of carbonyl (C=O) groups excluding carboxylic acids is 2. The summed E-state index contributed by atoms with van der Waals surface area (Å²) < 4.78 is 36.6. The van der Waals surface area contributed by atoms with Crippen LogP contribution in [0.25, 0.3) is 0 Å². The lowest BCUT2D eigenvalue weighted by molar-refractivity contribution is -0.158. The summed E-state index contributed by atoms with van der Waals surface area (Å²) in [5.74, 6) is -0.957. The molecular weight excluding hydrogens is 263 g/mol. The van der Waals surface area contributed by atoms with E-state index in [-0.39, 0.29) is 25.3 Å². The van der Waals surface area contributed by atoms with E-state index in [4.69, 9.17) is 0 Å². The van der Waals surface area contributed by atoms with Gasteiger partial charge in [0.25, 0.3) is 0 Å². The van der Waals surface area contributed by atoms with Gasteiger partial charge in [-0.1, -0.05) is 0 Å². The van der Waals surface area contributed by atoms with Gasteiger partial charge in [-0.3, -0.25) is 9.59 Å². The SMILES string of the molecule is CNCCCC(=O)NC1CCN(CC(F)(F)F)C1=O. The molecule has 19 heavy (non-hydrogen) atoms. The summed E-state index contributed by atoms with van der Waals surface area (Å²) in [6, 6.07) is -0.815. The Labute approximate surface area is 109 Å². The minimum Gasteiger partial charge on any atom is -0.344 e. The molecule has 0 saturated carbocycles. The number of amides is 2. The molecule has 0 aromatic rings. The Morgan fingerprint density at radius 1 is 1.47 bits per heavy atom. The van der Waals surface area contributed by atoms with Crippen LogP contribution in [-0.4, -0.2) is 55.6 Å². The maximum absolute atomic E-state index is 12.2. The molecule has 2 N–H and O–H groups in total. The van der Waals surface area contributed by atoms with Gasteiger partial charge in [0.1, 0.15) is 12.6 Å². The number of hydrogen-bond donors (Lipinski definition) is 2. The lowest BCUT2D eigenvalue weighted by Gasteiger charge is -2.18. The quantitative estimate of drug-likeness (QED) is 0.687. The summed E-state index contributed by atoms with van der Waals surface area (Å²) in [7, 11) is 1.76. The van der Waals surface area contributed by atoms with E-state index < -0.39 is 24.7 Å². The summed E-state index contributed by atoms with van der Waals surface area (Å²) >= 11 is 0. The Bertz CT molecular complexity index is 334. The Balaban J connectivity index is 2.37. The smallest absolute Gasteiger partial charge is 0.344 e. The van der Waals surface area contributed by atoms with Crippen molar-refractivity contribution in [3.05, 3.63) is 0 Å². The largest absolute Gasteiger partial charge is 0.406 e. The molecule has 1 rings (SSSR count). The fourth-order valence-electron chi connectivity index (χ4n) is 1.94. The van der Waals surface area contributed by atoms with E-state index in [0.29, 0.717) is 13.0 Å². The molecule has 0 spiro atoms. The first-order chi connectivity index (χ1) is 8.83. The van der Waals surface area contributed by atoms with Crippen molar-refractivity contribution in [2.75, 3.05) is 26.7 Å². The summed E-state index contributed by atoms with van der Waals surface area (Å²) in [4.78, 5) is 23.9. The molecule has 8 heteroatoms. The van der Waals surface area contributed by atoms with Crippen molar-refractivity contribution in [2.24, 2.45) is 0 Å². The van der Waals surface area contributed by atoms with Gasteiger partial charge in [0, 0.05) is 13.0 Å². The summed E-state index contributed by atoms with van der Waals surface area (Å²) in [6.45, 7) is -0.552. The van der Waals surface area contributed by atoms with Crippen molar-refractivity contribution in [3.8, 4) is 0 Å². The van der Waals surface area contributed by atoms with Crippen LogP contribution in [0, 0.1) is 0 Å². The molecule has 110 valence electrons. The van der Waals surface area contributed by atoms with Crippen molar-refractivity contribution in [1.82, 2.24) is 15.5 Å². The first-order valence-corrected chi connectivity index (χ1v) is 6.13. The third kappa shape index (κ3) is 5.46. The zero-order valence-corrected chi connectivity index (χ0v) is 10.7. The second-order valence-electron chi connectivity index (χ2n) is 4.49. The van der Waals surface area contributed by atoms with Crippen molar-refractivity contribution in [2.45, 2.75) is 31.5 Å². The topological polar surface area (TPSA) is 61.4 Å². The van der Waals surface area contributed by atoms with E-state index in [1.165, 1.54) is 0 Å². The highest BCUT2D eigenvalue weighted by Crippen LogP contribution is 2.20.